The molecule has 1 aromatic carbocycles. The first kappa shape index (κ1) is 30.5. The first-order chi connectivity index (χ1) is 16.7. The molecule has 1 atom stereocenters. The number of hydrogen-bond acceptors (Lipinski definition) is 8. The molecule has 0 heterocycles. The van der Waals surface area contributed by atoms with Crippen LogP contribution in [0.3, 0.4) is 0 Å². The molecular formula is C26H44O8. The van der Waals surface area contributed by atoms with Crippen LogP contribution in [0.2, 0.25) is 0 Å². The van der Waals surface area contributed by atoms with Gasteiger partial charge in [0.25, 0.3) is 0 Å². The van der Waals surface area contributed by atoms with Crippen molar-refractivity contribution < 1.29 is 37.9 Å². The van der Waals surface area contributed by atoms with Gasteiger partial charge in [-0.15, -0.1) is 0 Å². The molecule has 8 heteroatoms. The van der Waals surface area contributed by atoms with Gasteiger partial charge < -0.3 is 37.9 Å². The summed E-state index contributed by atoms with van der Waals surface area (Å²) in [6, 6.07) is 8.47. The molecule has 8 nitrogen and oxygen atoms in total. The Labute approximate surface area is 205 Å². The average molecular weight is 485 g/mol. The maximum atomic E-state index is 5.78. The molecular weight excluding hydrogens is 440 g/mol. The first-order valence-electron chi connectivity index (χ1n) is 11.9. The smallest absolute Gasteiger partial charge is 0.111 e. The van der Waals surface area contributed by atoms with Crippen molar-refractivity contribution in [1.82, 2.24) is 0 Å². The Morgan fingerprint density at radius 3 is 1.76 bits per heavy atom. The van der Waals surface area contributed by atoms with Crippen LogP contribution in [-0.2, 0) is 37.9 Å². The van der Waals surface area contributed by atoms with Crippen LogP contribution in [0.4, 0.5) is 0 Å². The second kappa shape index (κ2) is 22.0. The van der Waals surface area contributed by atoms with Crippen molar-refractivity contribution in [3.8, 4) is 0 Å². The summed E-state index contributed by atoms with van der Waals surface area (Å²) in [5.41, 5.74) is 3.43. The zero-order valence-electron chi connectivity index (χ0n) is 21.4. The van der Waals surface area contributed by atoms with Gasteiger partial charge in [-0.1, -0.05) is 31.2 Å². The van der Waals surface area contributed by atoms with Crippen molar-refractivity contribution in [2.75, 3.05) is 100 Å². The van der Waals surface area contributed by atoms with Crippen LogP contribution < -0.4 is 0 Å². The topological polar surface area (TPSA) is 73.8 Å². The summed E-state index contributed by atoms with van der Waals surface area (Å²) in [7, 11) is 3.31. The molecule has 0 bridgehead atoms. The number of ether oxygens (including phenoxy) is 8. The Bertz CT molecular complexity index is 623. The van der Waals surface area contributed by atoms with Crippen molar-refractivity contribution >= 4 is 5.57 Å². The molecule has 1 aromatic rings. The quantitative estimate of drug-likeness (QED) is 0.173. The van der Waals surface area contributed by atoms with Gasteiger partial charge in [-0.05, 0) is 23.6 Å². The van der Waals surface area contributed by atoms with E-state index in [4.69, 9.17) is 37.9 Å². The Kier molecular flexibility index (Phi) is 19.7. The first-order valence-corrected chi connectivity index (χ1v) is 11.9. The number of benzene rings is 1. The third-order valence-corrected chi connectivity index (χ3v) is 4.86. The molecule has 34 heavy (non-hydrogen) atoms. The van der Waals surface area contributed by atoms with Crippen molar-refractivity contribution in [2.45, 2.75) is 19.8 Å². The maximum absolute atomic E-state index is 5.78. The lowest BCUT2D eigenvalue weighted by Gasteiger charge is -2.14. The monoisotopic (exact) mass is 484 g/mol. The molecule has 0 N–H and O–H groups in total. The maximum Gasteiger partial charge on any atom is 0.111 e. The van der Waals surface area contributed by atoms with E-state index < -0.39 is 0 Å². The van der Waals surface area contributed by atoms with E-state index in [9.17, 15) is 0 Å². The highest BCUT2D eigenvalue weighted by molar-refractivity contribution is 5.63. The molecule has 0 aliphatic rings. The number of hydrogen-bond donors (Lipinski definition) is 0. The lowest BCUT2D eigenvalue weighted by Crippen LogP contribution is -2.13. The number of methoxy groups -OCH3 is 2. The van der Waals surface area contributed by atoms with Gasteiger partial charge in [0.1, 0.15) is 6.61 Å². The van der Waals surface area contributed by atoms with Crippen LogP contribution in [0.25, 0.3) is 5.57 Å². The minimum Gasteiger partial charge on any atom is -0.498 e. The van der Waals surface area contributed by atoms with E-state index in [0.717, 1.165) is 11.1 Å². The minimum atomic E-state index is 0.283. The van der Waals surface area contributed by atoms with E-state index in [0.29, 0.717) is 85.9 Å². The lowest BCUT2D eigenvalue weighted by atomic mass is 9.97. The van der Waals surface area contributed by atoms with E-state index in [1.54, 1.807) is 20.5 Å². The fraction of sp³-hybridized carbons (Fsp3) is 0.692. The summed E-state index contributed by atoms with van der Waals surface area (Å²) >= 11 is 0. The Morgan fingerprint density at radius 1 is 0.706 bits per heavy atom. The zero-order chi connectivity index (χ0) is 24.7. The molecule has 0 aliphatic carbocycles. The molecule has 0 radical (unpaired) electrons. The summed E-state index contributed by atoms with van der Waals surface area (Å²) in [5.74, 6) is 0.283. The Balaban J connectivity index is 2.18. The number of rotatable bonds is 23. The third kappa shape index (κ3) is 16.2. The molecule has 0 aromatic heterocycles. The predicted molar refractivity (Wildman–Crippen MR) is 132 cm³/mol. The van der Waals surface area contributed by atoms with Gasteiger partial charge in [0.05, 0.1) is 85.5 Å². The van der Waals surface area contributed by atoms with Crippen LogP contribution in [0, 0.1) is 0 Å². The van der Waals surface area contributed by atoms with Crippen LogP contribution in [0.5, 0.6) is 0 Å². The molecule has 0 spiro atoms. The molecule has 196 valence electrons. The molecule has 0 aliphatic heterocycles. The molecule has 0 saturated heterocycles. The van der Waals surface area contributed by atoms with Gasteiger partial charge >= 0.3 is 0 Å². The van der Waals surface area contributed by atoms with E-state index >= 15 is 0 Å². The summed E-state index contributed by atoms with van der Waals surface area (Å²) < 4.78 is 42.9. The minimum absolute atomic E-state index is 0.283. The lowest BCUT2D eigenvalue weighted by molar-refractivity contribution is 0.00227. The van der Waals surface area contributed by atoms with Gasteiger partial charge in [0, 0.05) is 20.1 Å². The van der Waals surface area contributed by atoms with Crippen LogP contribution in [0.1, 0.15) is 30.9 Å². The Morgan fingerprint density at radius 2 is 1.21 bits per heavy atom. The summed E-state index contributed by atoms with van der Waals surface area (Å²) in [6.07, 6.45) is 1.79. The fourth-order valence-electron chi connectivity index (χ4n) is 2.85. The van der Waals surface area contributed by atoms with Gasteiger partial charge in [-0.2, -0.15) is 0 Å². The van der Waals surface area contributed by atoms with Gasteiger partial charge in [-0.3, -0.25) is 0 Å². The summed E-state index contributed by atoms with van der Waals surface area (Å²) in [6.45, 7) is 11.6. The third-order valence-electron chi connectivity index (χ3n) is 4.86. The molecule has 0 amide bonds. The molecule has 0 saturated carbocycles. The van der Waals surface area contributed by atoms with Crippen LogP contribution in [0.15, 0.2) is 30.5 Å². The molecule has 1 rings (SSSR count). The fourth-order valence-corrected chi connectivity index (χ4v) is 2.85. The highest BCUT2D eigenvalue weighted by atomic mass is 16.6. The normalized spacial score (nSPS) is 12.8. The van der Waals surface area contributed by atoms with Gasteiger partial charge in [0.2, 0.25) is 0 Å². The van der Waals surface area contributed by atoms with Crippen LogP contribution in [-0.4, -0.2) is 100 Å². The standard InChI is InChI=1S/C26H44O8/c1-23(21-33-18-16-31-14-12-29-10-8-27-3)25-6-5-7-26(20-25)24(2)22-34-19-17-32-15-13-30-11-9-28-4/h5-7,20-21,24H,8-19,22H2,1-4H3/b23-21+. The van der Waals surface area contributed by atoms with Crippen LogP contribution >= 0.6 is 0 Å². The van der Waals surface area contributed by atoms with E-state index in [1.807, 2.05) is 6.92 Å². The van der Waals surface area contributed by atoms with Crippen molar-refractivity contribution in [3.05, 3.63) is 41.7 Å². The van der Waals surface area contributed by atoms with E-state index in [2.05, 4.69) is 31.2 Å². The van der Waals surface area contributed by atoms with Crippen molar-refractivity contribution in [3.63, 3.8) is 0 Å². The largest absolute Gasteiger partial charge is 0.498 e. The molecule has 1 unspecified atom stereocenters. The van der Waals surface area contributed by atoms with E-state index in [1.165, 1.54) is 5.56 Å². The Hall–Kier alpha value is -1.52. The SMILES string of the molecule is COCCOCCOCCO/C=C(\C)c1cccc(C(C)COCCOCCOCCOC)c1. The average Bonchev–Trinajstić information content (AvgIpc) is 2.86. The van der Waals surface area contributed by atoms with Gasteiger partial charge in [-0.25, -0.2) is 0 Å². The van der Waals surface area contributed by atoms with Crippen molar-refractivity contribution in [1.29, 1.82) is 0 Å². The van der Waals surface area contributed by atoms with Gasteiger partial charge in [0.15, 0.2) is 0 Å². The highest BCUT2D eigenvalue weighted by Crippen LogP contribution is 2.21. The molecule has 0 fully saturated rings. The second-order valence-corrected chi connectivity index (χ2v) is 7.71. The zero-order valence-corrected chi connectivity index (χ0v) is 21.4. The summed E-state index contributed by atoms with van der Waals surface area (Å²) in [5, 5.41) is 0. The predicted octanol–water partition coefficient (Wildman–Crippen LogP) is 3.54. The van der Waals surface area contributed by atoms with E-state index in [-0.39, 0.29) is 5.92 Å². The number of allylic oxidation sites excluding steroid dienone is 1. The van der Waals surface area contributed by atoms with Crippen molar-refractivity contribution in [2.24, 2.45) is 0 Å². The second-order valence-electron chi connectivity index (χ2n) is 7.71. The highest BCUT2D eigenvalue weighted by Gasteiger charge is 2.07. The summed E-state index contributed by atoms with van der Waals surface area (Å²) in [4.78, 5) is 0.